The maximum absolute atomic E-state index is 12.0. The number of carbonyl (C=O) groups excluding carboxylic acids is 1. The number of fused-ring (bicyclic) bond motifs is 1. The molecule has 1 amide bonds. The van der Waals surface area contributed by atoms with Crippen LogP contribution in [0.5, 0.6) is 5.75 Å². The van der Waals surface area contributed by atoms with Gasteiger partial charge in [-0.1, -0.05) is 31.3 Å². The highest BCUT2D eigenvalue weighted by molar-refractivity contribution is 7.15. The second-order valence-electron chi connectivity index (χ2n) is 6.22. The molecule has 1 aliphatic carbocycles. The average molecular weight is 331 g/mol. The summed E-state index contributed by atoms with van der Waals surface area (Å²) in [5, 5.41) is 12.3. The number of carbonyl (C=O) groups is 1. The zero-order chi connectivity index (χ0) is 16.2. The van der Waals surface area contributed by atoms with E-state index < -0.39 is 0 Å². The molecule has 122 valence electrons. The van der Waals surface area contributed by atoms with Crippen LogP contribution in [0, 0.1) is 5.92 Å². The maximum Gasteiger partial charge on any atom is 0.264 e. The van der Waals surface area contributed by atoms with Crippen LogP contribution in [-0.4, -0.2) is 22.7 Å². The van der Waals surface area contributed by atoms with Crippen molar-refractivity contribution in [2.24, 2.45) is 5.92 Å². The number of ether oxygens (including phenoxy) is 1. The standard InChI is InChI=1S/C17H21N3O2S/c1-11(2)8-16-19-20-17(23-16)18-15(21)10-22-14-7-6-12-4-3-5-13(12)9-14/h6-7,9,11H,3-5,8,10H2,1-2H3,(H,18,20,21). The van der Waals surface area contributed by atoms with Crippen LogP contribution in [0.15, 0.2) is 18.2 Å². The number of nitrogens with zero attached hydrogens (tertiary/aromatic N) is 2. The first-order valence-corrected chi connectivity index (χ1v) is 8.78. The molecule has 0 saturated heterocycles. The van der Waals surface area contributed by atoms with Crippen LogP contribution in [0.3, 0.4) is 0 Å². The number of benzene rings is 1. The molecule has 3 rings (SSSR count). The molecule has 6 heteroatoms. The van der Waals surface area contributed by atoms with Gasteiger partial charge in [-0.3, -0.25) is 10.1 Å². The van der Waals surface area contributed by atoms with Gasteiger partial charge < -0.3 is 4.74 Å². The summed E-state index contributed by atoms with van der Waals surface area (Å²) in [4.78, 5) is 12.0. The second kappa shape index (κ2) is 7.08. The smallest absolute Gasteiger partial charge is 0.264 e. The van der Waals surface area contributed by atoms with Crippen molar-refractivity contribution in [3.05, 3.63) is 34.3 Å². The highest BCUT2D eigenvalue weighted by Crippen LogP contribution is 2.26. The van der Waals surface area contributed by atoms with Crippen LogP contribution in [0.2, 0.25) is 0 Å². The van der Waals surface area contributed by atoms with Gasteiger partial charge >= 0.3 is 0 Å². The van der Waals surface area contributed by atoms with Gasteiger partial charge in [-0.15, -0.1) is 10.2 Å². The molecule has 2 aromatic rings. The fourth-order valence-electron chi connectivity index (χ4n) is 2.68. The van der Waals surface area contributed by atoms with Crippen molar-refractivity contribution < 1.29 is 9.53 Å². The molecule has 0 fully saturated rings. The molecule has 0 atom stereocenters. The minimum absolute atomic E-state index is 0.0160. The summed E-state index contributed by atoms with van der Waals surface area (Å²) in [6.45, 7) is 4.24. The molecule has 0 radical (unpaired) electrons. The molecule has 1 aromatic carbocycles. The number of anilines is 1. The van der Waals surface area contributed by atoms with Gasteiger partial charge in [-0.2, -0.15) is 0 Å². The van der Waals surface area contributed by atoms with E-state index in [2.05, 4.69) is 35.4 Å². The Hall–Kier alpha value is -1.95. The molecular formula is C17H21N3O2S. The minimum atomic E-state index is -0.210. The van der Waals surface area contributed by atoms with E-state index in [1.807, 2.05) is 12.1 Å². The molecule has 5 nitrogen and oxygen atoms in total. The summed E-state index contributed by atoms with van der Waals surface area (Å²) in [7, 11) is 0. The number of aryl methyl sites for hydroxylation is 2. The number of rotatable bonds is 6. The fraction of sp³-hybridized carbons (Fsp3) is 0.471. The predicted molar refractivity (Wildman–Crippen MR) is 91.0 cm³/mol. The Balaban J connectivity index is 1.50. The minimum Gasteiger partial charge on any atom is -0.484 e. The van der Waals surface area contributed by atoms with E-state index in [0.717, 1.165) is 30.0 Å². The van der Waals surface area contributed by atoms with Crippen LogP contribution < -0.4 is 10.1 Å². The topological polar surface area (TPSA) is 64.1 Å². The third kappa shape index (κ3) is 4.28. The van der Waals surface area contributed by atoms with Crippen molar-refractivity contribution in [2.75, 3.05) is 11.9 Å². The van der Waals surface area contributed by atoms with Crippen molar-refractivity contribution in [2.45, 2.75) is 39.5 Å². The monoisotopic (exact) mass is 331 g/mol. The van der Waals surface area contributed by atoms with Crippen LogP contribution >= 0.6 is 11.3 Å². The highest BCUT2D eigenvalue weighted by Gasteiger charge is 2.13. The Morgan fingerprint density at radius 3 is 2.96 bits per heavy atom. The Kier molecular flexibility index (Phi) is 4.91. The third-order valence-electron chi connectivity index (χ3n) is 3.74. The van der Waals surface area contributed by atoms with Crippen molar-refractivity contribution in [1.82, 2.24) is 10.2 Å². The summed E-state index contributed by atoms with van der Waals surface area (Å²) < 4.78 is 5.58. The fourth-order valence-corrected chi connectivity index (χ4v) is 3.65. The summed E-state index contributed by atoms with van der Waals surface area (Å²) in [6, 6.07) is 6.07. The van der Waals surface area contributed by atoms with E-state index in [-0.39, 0.29) is 12.5 Å². The van der Waals surface area contributed by atoms with Crippen molar-refractivity contribution >= 4 is 22.4 Å². The van der Waals surface area contributed by atoms with Crippen molar-refractivity contribution in [1.29, 1.82) is 0 Å². The Morgan fingerprint density at radius 1 is 1.30 bits per heavy atom. The lowest BCUT2D eigenvalue weighted by Gasteiger charge is -2.07. The van der Waals surface area contributed by atoms with Gasteiger partial charge in [0.25, 0.3) is 5.91 Å². The molecule has 1 aromatic heterocycles. The molecule has 1 heterocycles. The van der Waals surface area contributed by atoms with Gasteiger partial charge in [-0.25, -0.2) is 0 Å². The first kappa shape index (κ1) is 15.9. The van der Waals surface area contributed by atoms with Gasteiger partial charge in [0.05, 0.1) is 0 Å². The van der Waals surface area contributed by atoms with E-state index in [0.29, 0.717) is 11.0 Å². The summed E-state index contributed by atoms with van der Waals surface area (Å²) >= 11 is 1.42. The lowest BCUT2D eigenvalue weighted by atomic mass is 10.1. The molecule has 0 bridgehead atoms. The van der Waals surface area contributed by atoms with Gasteiger partial charge in [0, 0.05) is 6.42 Å². The van der Waals surface area contributed by atoms with Gasteiger partial charge in [0.2, 0.25) is 5.13 Å². The van der Waals surface area contributed by atoms with Gasteiger partial charge in [0.1, 0.15) is 10.8 Å². The molecule has 23 heavy (non-hydrogen) atoms. The van der Waals surface area contributed by atoms with Gasteiger partial charge in [-0.05, 0) is 48.4 Å². The van der Waals surface area contributed by atoms with Crippen molar-refractivity contribution in [3.63, 3.8) is 0 Å². The van der Waals surface area contributed by atoms with E-state index in [9.17, 15) is 4.79 Å². The number of nitrogens with one attached hydrogen (secondary N) is 1. The second-order valence-corrected chi connectivity index (χ2v) is 7.28. The quantitative estimate of drug-likeness (QED) is 0.882. The van der Waals surface area contributed by atoms with E-state index in [4.69, 9.17) is 4.74 Å². The van der Waals surface area contributed by atoms with Gasteiger partial charge in [0.15, 0.2) is 6.61 Å². The molecule has 0 spiro atoms. The zero-order valence-corrected chi connectivity index (χ0v) is 14.3. The van der Waals surface area contributed by atoms with Crippen molar-refractivity contribution in [3.8, 4) is 5.75 Å². The molecule has 0 saturated carbocycles. The van der Waals surface area contributed by atoms with E-state index in [1.165, 1.54) is 28.9 Å². The van der Waals surface area contributed by atoms with E-state index in [1.54, 1.807) is 0 Å². The zero-order valence-electron chi connectivity index (χ0n) is 13.5. The normalized spacial score (nSPS) is 13.2. The molecule has 1 N–H and O–H groups in total. The Morgan fingerprint density at radius 2 is 2.13 bits per heavy atom. The number of amides is 1. The highest BCUT2D eigenvalue weighted by atomic mass is 32.1. The molecule has 0 aliphatic heterocycles. The number of hydrogen-bond donors (Lipinski definition) is 1. The largest absolute Gasteiger partial charge is 0.484 e. The van der Waals surface area contributed by atoms with Crippen LogP contribution in [-0.2, 0) is 24.1 Å². The van der Waals surface area contributed by atoms with E-state index >= 15 is 0 Å². The molecular weight excluding hydrogens is 310 g/mol. The maximum atomic E-state index is 12.0. The molecule has 0 unspecified atom stereocenters. The Bertz CT molecular complexity index is 697. The van der Waals surface area contributed by atoms with Crippen LogP contribution in [0.1, 0.15) is 36.4 Å². The third-order valence-corrected chi connectivity index (χ3v) is 4.60. The van der Waals surface area contributed by atoms with Crippen LogP contribution in [0.25, 0.3) is 0 Å². The lowest BCUT2D eigenvalue weighted by molar-refractivity contribution is -0.118. The SMILES string of the molecule is CC(C)Cc1nnc(NC(=O)COc2ccc3c(c2)CCC3)s1. The lowest BCUT2D eigenvalue weighted by Crippen LogP contribution is -2.20. The average Bonchev–Trinajstić information content (AvgIpc) is 3.13. The summed E-state index contributed by atoms with van der Waals surface area (Å²) in [5.74, 6) is 1.06. The summed E-state index contributed by atoms with van der Waals surface area (Å²) in [6.07, 6.45) is 4.32. The summed E-state index contributed by atoms with van der Waals surface area (Å²) in [5.41, 5.74) is 2.73. The molecule has 1 aliphatic rings. The number of hydrogen-bond acceptors (Lipinski definition) is 5. The number of aromatic nitrogens is 2. The predicted octanol–water partition coefficient (Wildman–Crippen LogP) is 3.24. The van der Waals surface area contributed by atoms with Crippen LogP contribution in [0.4, 0.5) is 5.13 Å². The first-order chi connectivity index (χ1) is 11.1. The first-order valence-electron chi connectivity index (χ1n) is 7.97. The Labute approximate surface area is 140 Å².